The van der Waals surface area contributed by atoms with Gasteiger partial charge in [-0.1, -0.05) is 0 Å². The molecule has 0 rings (SSSR count). The molecular weight excluding hydrogens is 231 g/mol. The predicted molar refractivity (Wildman–Crippen MR) is 34.5 cm³/mol. The zero-order chi connectivity index (χ0) is 8.31. The molecule has 13 heavy (non-hydrogen) atoms. The summed E-state index contributed by atoms with van der Waals surface area (Å²) in [4.78, 5) is 19.5. The van der Waals surface area contributed by atoms with E-state index < -0.39 is 24.1 Å². The van der Waals surface area contributed by atoms with Crippen LogP contribution in [-0.4, -0.2) is 55.5 Å². The van der Waals surface area contributed by atoms with Gasteiger partial charge in [-0.05, 0) is 0 Å². The van der Waals surface area contributed by atoms with E-state index in [1.807, 2.05) is 0 Å². The Bertz CT molecular complexity index is 140. The number of hydrogen-bond acceptors (Lipinski definition) is 4. The molecule has 0 saturated heterocycles. The van der Waals surface area contributed by atoms with Crippen LogP contribution in [0, 0.1) is 0 Å². The van der Waals surface area contributed by atoms with Crippen molar-refractivity contribution in [1.82, 2.24) is 0 Å². The molecule has 0 aromatic heterocycles. The second-order valence-electron chi connectivity index (χ2n) is 1.57. The maximum Gasteiger partial charge on any atom is 0.335 e. The van der Waals surface area contributed by atoms with Crippen LogP contribution < -0.4 is 0 Å². The van der Waals surface area contributed by atoms with Gasteiger partial charge in [0.2, 0.25) is 0 Å². The van der Waals surface area contributed by atoms with E-state index >= 15 is 0 Å². The van der Waals surface area contributed by atoms with Crippen molar-refractivity contribution in [3.8, 4) is 0 Å². The van der Waals surface area contributed by atoms with Crippen molar-refractivity contribution in [2.75, 3.05) is 0 Å². The summed E-state index contributed by atoms with van der Waals surface area (Å²) in [5, 5.41) is 32.5. The Labute approximate surface area is 82.9 Å². The van der Waals surface area contributed by atoms with Crippen LogP contribution in [0.25, 0.3) is 0 Å². The summed E-state index contributed by atoms with van der Waals surface area (Å²) in [5.41, 5.74) is 0. The molecule has 0 fully saturated rings. The number of rotatable bonds is 3. The Kier molecular flexibility index (Phi) is 16.5. The van der Waals surface area contributed by atoms with E-state index in [9.17, 15) is 9.59 Å². The van der Waals surface area contributed by atoms with Crippen molar-refractivity contribution in [1.29, 1.82) is 0 Å². The van der Waals surface area contributed by atoms with Gasteiger partial charge < -0.3 is 31.4 Å². The van der Waals surface area contributed by atoms with E-state index in [1.54, 1.807) is 0 Å². The second-order valence-corrected chi connectivity index (χ2v) is 1.57. The third kappa shape index (κ3) is 7.65. The van der Waals surface area contributed by atoms with Crippen molar-refractivity contribution < 1.29 is 58.0 Å². The fourth-order valence-electron chi connectivity index (χ4n) is 0.270. The first-order valence-corrected chi connectivity index (χ1v) is 2.28. The summed E-state index contributed by atoms with van der Waals surface area (Å²) in [7, 11) is 0. The van der Waals surface area contributed by atoms with Crippen LogP contribution in [0.4, 0.5) is 0 Å². The van der Waals surface area contributed by atoms with Gasteiger partial charge in [-0.25, -0.2) is 9.59 Å². The topological polar surface area (TPSA) is 178 Å². The molecule has 0 saturated carbocycles. The minimum Gasteiger partial charge on any atom is -0.479 e. The predicted octanol–water partition coefficient (Wildman–Crippen LogP) is -3.77. The standard InChI is InChI=1S/C4H6O6.Mn.2H2O/c5-1(3(7)8)2(6)4(9)10;;;/h1-2,5-6H,(H,7,8)(H,9,10);;2*1H2. The van der Waals surface area contributed by atoms with Crippen molar-refractivity contribution in [2.45, 2.75) is 12.2 Å². The molecule has 0 bridgehead atoms. The van der Waals surface area contributed by atoms with Gasteiger partial charge in [-0.3, -0.25) is 0 Å². The van der Waals surface area contributed by atoms with Gasteiger partial charge in [-0.15, -0.1) is 0 Å². The smallest absolute Gasteiger partial charge is 0.335 e. The van der Waals surface area contributed by atoms with Gasteiger partial charge in [0, 0.05) is 17.1 Å². The number of aliphatic carboxylic acids is 2. The first-order chi connectivity index (χ1) is 4.46. The average Bonchev–Trinajstić information content (AvgIpc) is 1.84. The molecule has 0 heterocycles. The van der Waals surface area contributed by atoms with Gasteiger partial charge >= 0.3 is 11.9 Å². The number of carbonyl (C=O) groups is 2. The number of carboxylic acid groups (broad SMARTS) is 2. The number of aliphatic hydroxyl groups is 2. The quantitative estimate of drug-likeness (QED) is 0.368. The van der Waals surface area contributed by atoms with E-state index in [1.165, 1.54) is 0 Å². The van der Waals surface area contributed by atoms with Crippen LogP contribution in [0.1, 0.15) is 0 Å². The third-order valence-electron chi connectivity index (χ3n) is 0.805. The van der Waals surface area contributed by atoms with Crippen LogP contribution in [0.15, 0.2) is 0 Å². The van der Waals surface area contributed by atoms with Crippen LogP contribution in [0.2, 0.25) is 0 Å². The minimum absolute atomic E-state index is 0. The molecule has 9 heteroatoms. The molecule has 2 unspecified atom stereocenters. The molecule has 0 aromatic carbocycles. The first-order valence-electron chi connectivity index (χ1n) is 2.28. The minimum atomic E-state index is -2.27. The zero-order valence-electron chi connectivity index (χ0n) is 6.14. The number of carboxylic acids is 2. The molecule has 81 valence electrons. The molecule has 8 N–H and O–H groups in total. The molecule has 0 aliphatic heterocycles. The van der Waals surface area contributed by atoms with E-state index in [0.29, 0.717) is 0 Å². The summed E-state index contributed by atoms with van der Waals surface area (Å²) >= 11 is 0. The molecule has 2 atom stereocenters. The molecule has 1 radical (unpaired) electrons. The largest absolute Gasteiger partial charge is 0.479 e. The molecule has 0 amide bonds. The van der Waals surface area contributed by atoms with Crippen LogP contribution in [-0.2, 0) is 26.7 Å². The Morgan fingerprint density at radius 2 is 1.00 bits per heavy atom. The Morgan fingerprint density at radius 3 is 1.08 bits per heavy atom. The van der Waals surface area contributed by atoms with Gasteiger partial charge in [0.1, 0.15) is 0 Å². The van der Waals surface area contributed by atoms with Crippen molar-refractivity contribution >= 4 is 11.9 Å². The summed E-state index contributed by atoms with van der Waals surface area (Å²) < 4.78 is 0. The fraction of sp³-hybridized carbons (Fsp3) is 0.500. The van der Waals surface area contributed by atoms with Crippen molar-refractivity contribution in [3.05, 3.63) is 0 Å². The van der Waals surface area contributed by atoms with Crippen molar-refractivity contribution in [3.63, 3.8) is 0 Å². The molecule has 0 spiro atoms. The van der Waals surface area contributed by atoms with E-state index in [4.69, 9.17) is 20.4 Å². The number of aliphatic hydroxyl groups excluding tert-OH is 2. The Morgan fingerprint density at radius 1 is 0.846 bits per heavy atom. The summed E-state index contributed by atoms with van der Waals surface area (Å²) in [6.45, 7) is 0. The maximum absolute atomic E-state index is 9.77. The SMILES string of the molecule is O.O.O=C(O)C(O)C(O)C(=O)O.[Mn]. The Hall–Kier alpha value is -0.701. The molecule has 0 aliphatic carbocycles. The fourth-order valence-corrected chi connectivity index (χ4v) is 0.270. The number of hydrogen-bond donors (Lipinski definition) is 4. The second kappa shape index (κ2) is 9.39. The monoisotopic (exact) mass is 241 g/mol. The summed E-state index contributed by atoms with van der Waals surface area (Å²) in [6.07, 6.45) is -4.53. The molecule has 0 aromatic rings. The van der Waals surface area contributed by atoms with Gasteiger partial charge in [0.25, 0.3) is 0 Å². The molecule has 0 aliphatic rings. The van der Waals surface area contributed by atoms with Crippen molar-refractivity contribution in [2.24, 2.45) is 0 Å². The summed E-state index contributed by atoms with van der Waals surface area (Å²) in [6, 6.07) is 0. The summed E-state index contributed by atoms with van der Waals surface area (Å²) in [5.74, 6) is -3.54. The Balaban J connectivity index is -0.000000135. The van der Waals surface area contributed by atoms with Crippen LogP contribution in [0.5, 0.6) is 0 Å². The normalized spacial score (nSPS) is 12.2. The zero-order valence-corrected chi connectivity index (χ0v) is 7.32. The first kappa shape index (κ1) is 22.8. The van der Waals surface area contributed by atoms with Gasteiger partial charge in [0.05, 0.1) is 0 Å². The van der Waals surface area contributed by atoms with Gasteiger partial charge in [-0.2, -0.15) is 0 Å². The van der Waals surface area contributed by atoms with E-state index in [2.05, 4.69) is 0 Å². The average molecular weight is 241 g/mol. The van der Waals surface area contributed by atoms with Gasteiger partial charge in [0.15, 0.2) is 12.2 Å². The maximum atomic E-state index is 9.77. The van der Waals surface area contributed by atoms with E-state index in [0.717, 1.165) is 0 Å². The van der Waals surface area contributed by atoms with Crippen LogP contribution in [0.3, 0.4) is 0 Å². The third-order valence-corrected chi connectivity index (χ3v) is 0.805. The van der Waals surface area contributed by atoms with E-state index in [-0.39, 0.29) is 28.0 Å². The molecular formula is C4H10MnO8. The molecule has 8 nitrogen and oxygen atoms in total. The van der Waals surface area contributed by atoms with Crippen LogP contribution >= 0.6 is 0 Å².